The highest BCUT2D eigenvalue weighted by Crippen LogP contribution is 2.67. The Morgan fingerprint density at radius 2 is 1.69 bits per heavy atom. The van der Waals surface area contributed by atoms with Crippen LogP contribution in [-0.2, 0) is 9.47 Å². The number of rotatable bonds is 5. The van der Waals surface area contributed by atoms with Crippen LogP contribution in [0.4, 0.5) is 0 Å². The zero-order valence-corrected chi connectivity index (χ0v) is 23.1. The Morgan fingerprint density at radius 1 is 0.944 bits per heavy atom. The van der Waals surface area contributed by atoms with Crippen molar-refractivity contribution in [3.8, 4) is 0 Å². The smallest absolute Gasteiger partial charge is 0.104 e. The van der Waals surface area contributed by atoms with Gasteiger partial charge in [-0.15, -0.1) is 0 Å². The van der Waals surface area contributed by atoms with Gasteiger partial charge in [0.1, 0.15) is 6.10 Å². The van der Waals surface area contributed by atoms with E-state index in [0.717, 1.165) is 38.2 Å². The van der Waals surface area contributed by atoms with E-state index in [4.69, 9.17) is 9.47 Å². The highest BCUT2D eigenvalue weighted by molar-refractivity contribution is 5.30. The Kier molecular flexibility index (Phi) is 6.84. The van der Waals surface area contributed by atoms with E-state index < -0.39 is 0 Å². The third-order valence-electron chi connectivity index (χ3n) is 11.8. The minimum atomic E-state index is -0.195. The van der Waals surface area contributed by atoms with Gasteiger partial charge in [-0.3, -0.25) is 0 Å². The standard InChI is InChI=1S/C33H50O3/c1-22-18-24-20-25(34)19-23(2)33(24,21-35-26-10-6-4-7-11-26)29-16-17-32(3)28(31(22)29)14-15-30(32)36-27-12-8-5-9-13-27/h10,12,18,22-23,25,28-31,34H,4-9,11,13-17,19-21H2,1-3H3/t22?,23?,25?,28-,29+,30?,31-,32-,33-/m0/s1. The highest BCUT2D eigenvalue weighted by atomic mass is 16.5. The van der Waals surface area contributed by atoms with Gasteiger partial charge in [-0.05, 0) is 119 Å². The van der Waals surface area contributed by atoms with Crippen molar-refractivity contribution in [2.24, 2.45) is 40.4 Å². The molecule has 36 heavy (non-hydrogen) atoms. The molecule has 6 rings (SSSR count). The first-order valence-corrected chi connectivity index (χ1v) is 15.5. The van der Waals surface area contributed by atoms with Gasteiger partial charge < -0.3 is 14.6 Å². The normalized spacial score (nSPS) is 46.4. The number of allylic oxidation sites excluding steroid dienone is 5. The average Bonchev–Trinajstić information content (AvgIpc) is 3.20. The van der Waals surface area contributed by atoms with Crippen LogP contribution in [-0.4, -0.2) is 23.9 Å². The Bertz CT molecular complexity index is 916. The maximum absolute atomic E-state index is 10.8. The van der Waals surface area contributed by atoms with E-state index in [2.05, 4.69) is 39.0 Å². The minimum Gasteiger partial charge on any atom is -0.497 e. The Labute approximate surface area is 219 Å². The molecule has 1 N–H and O–H groups in total. The molecule has 4 unspecified atom stereocenters. The quantitative estimate of drug-likeness (QED) is 0.392. The van der Waals surface area contributed by atoms with Gasteiger partial charge in [0.05, 0.1) is 24.2 Å². The number of ether oxygens (including phenoxy) is 2. The first-order chi connectivity index (χ1) is 17.4. The zero-order chi connectivity index (χ0) is 24.9. The Balaban J connectivity index is 1.30. The van der Waals surface area contributed by atoms with E-state index >= 15 is 0 Å². The molecule has 0 aromatic heterocycles. The fourth-order valence-corrected chi connectivity index (χ4v) is 9.98. The van der Waals surface area contributed by atoms with Gasteiger partial charge in [0, 0.05) is 23.7 Å². The lowest BCUT2D eigenvalue weighted by molar-refractivity contribution is -0.126. The molecule has 0 aromatic rings. The van der Waals surface area contributed by atoms with Crippen LogP contribution in [0, 0.1) is 40.4 Å². The zero-order valence-electron chi connectivity index (χ0n) is 23.1. The van der Waals surface area contributed by atoms with Crippen LogP contribution in [0.15, 0.2) is 35.3 Å². The molecule has 3 heteroatoms. The van der Waals surface area contributed by atoms with Crippen LogP contribution in [0.3, 0.4) is 0 Å². The summed E-state index contributed by atoms with van der Waals surface area (Å²) in [6.07, 6.45) is 24.2. The van der Waals surface area contributed by atoms with Crippen LogP contribution >= 0.6 is 0 Å². The van der Waals surface area contributed by atoms with E-state index in [0.29, 0.717) is 29.8 Å². The third-order valence-corrected chi connectivity index (χ3v) is 11.8. The SMILES string of the molecule is CC1C=C2CC(O)CC(C)[C@]2(COC2=CCCCC2)[C@@H]2CC[C@]3(C)C(OC4=CCCCC4)CC[C@H]3[C@H]12. The van der Waals surface area contributed by atoms with Crippen molar-refractivity contribution >= 4 is 0 Å². The van der Waals surface area contributed by atoms with Crippen LogP contribution in [0.5, 0.6) is 0 Å². The molecular formula is C33H50O3. The first-order valence-electron chi connectivity index (χ1n) is 15.5. The van der Waals surface area contributed by atoms with E-state index in [-0.39, 0.29) is 16.9 Å². The van der Waals surface area contributed by atoms with E-state index in [1.165, 1.54) is 81.3 Å². The lowest BCUT2D eigenvalue weighted by Gasteiger charge is -2.62. The number of hydrogen-bond donors (Lipinski definition) is 1. The molecule has 3 fully saturated rings. The molecule has 0 aliphatic heterocycles. The van der Waals surface area contributed by atoms with Gasteiger partial charge in [-0.25, -0.2) is 0 Å². The third kappa shape index (κ3) is 4.11. The summed E-state index contributed by atoms with van der Waals surface area (Å²) in [4.78, 5) is 0. The van der Waals surface area contributed by atoms with Crippen molar-refractivity contribution in [1.29, 1.82) is 0 Å². The van der Waals surface area contributed by atoms with Gasteiger partial charge in [-0.2, -0.15) is 0 Å². The average molecular weight is 495 g/mol. The molecule has 6 aliphatic rings. The number of aliphatic hydroxyl groups excluding tert-OH is 1. The van der Waals surface area contributed by atoms with Crippen molar-refractivity contribution in [3.63, 3.8) is 0 Å². The summed E-state index contributed by atoms with van der Waals surface area (Å²) >= 11 is 0. The van der Waals surface area contributed by atoms with Gasteiger partial charge in [0.25, 0.3) is 0 Å². The van der Waals surface area contributed by atoms with Gasteiger partial charge in [0.2, 0.25) is 0 Å². The monoisotopic (exact) mass is 494 g/mol. The van der Waals surface area contributed by atoms with Crippen molar-refractivity contribution in [3.05, 3.63) is 35.3 Å². The van der Waals surface area contributed by atoms with E-state index in [1.807, 2.05) is 0 Å². The molecule has 0 bridgehead atoms. The van der Waals surface area contributed by atoms with Crippen LogP contribution < -0.4 is 0 Å². The Hall–Kier alpha value is -1.22. The topological polar surface area (TPSA) is 38.7 Å². The summed E-state index contributed by atoms with van der Waals surface area (Å²) < 4.78 is 13.6. The van der Waals surface area contributed by atoms with E-state index in [9.17, 15) is 5.11 Å². The molecule has 0 amide bonds. The summed E-state index contributed by atoms with van der Waals surface area (Å²) in [5.74, 6) is 5.63. The largest absolute Gasteiger partial charge is 0.497 e. The molecule has 9 atom stereocenters. The summed E-state index contributed by atoms with van der Waals surface area (Å²) in [7, 11) is 0. The fourth-order valence-electron chi connectivity index (χ4n) is 9.98. The Morgan fingerprint density at radius 3 is 2.42 bits per heavy atom. The molecule has 200 valence electrons. The second-order valence-electron chi connectivity index (χ2n) is 13.7. The van der Waals surface area contributed by atoms with Gasteiger partial charge >= 0.3 is 0 Å². The first kappa shape index (κ1) is 25.1. The van der Waals surface area contributed by atoms with Crippen LogP contribution in [0.2, 0.25) is 0 Å². The van der Waals surface area contributed by atoms with Gasteiger partial charge in [0.15, 0.2) is 0 Å². The highest BCUT2D eigenvalue weighted by Gasteiger charge is 2.63. The number of fused-ring (bicyclic) bond motifs is 5. The summed E-state index contributed by atoms with van der Waals surface area (Å²) in [5.41, 5.74) is 1.89. The van der Waals surface area contributed by atoms with Gasteiger partial charge in [-0.1, -0.05) is 32.4 Å². The van der Waals surface area contributed by atoms with Crippen molar-refractivity contribution in [2.75, 3.05) is 6.61 Å². The number of hydrogen-bond acceptors (Lipinski definition) is 3. The second-order valence-corrected chi connectivity index (χ2v) is 13.7. The molecular weight excluding hydrogens is 444 g/mol. The predicted octanol–water partition coefficient (Wildman–Crippen LogP) is 8.10. The van der Waals surface area contributed by atoms with E-state index in [1.54, 1.807) is 0 Å². The maximum Gasteiger partial charge on any atom is 0.104 e. The number of aliphatic hydroxyl groups is 1. The van der Waals surface area contributed by atoms with Crippen molar-refractivity contribution in [1.82, 2.24) is 0 Å². The lowest BCUT2D eigenvalue weighted by Crippen LogP contribution is -2.58. The molecule has 0 aromatic carbocycles. The molecule has 3 nitrogen and oxygen atoms in total. The maximum atomic E-state index is 10.8. The predicted molar refractivity (Wildman–Crippen MR) is 145 cm³/mol. The van der Waals surface area contributed by atoms with Crippen LogP contribution in [0.25, 0.3) is 0 Å². The van der Waals surface area contributed by atoms with Crippen molar-refractivity contribution < 1.29 is 14.6 Å². The molecule has 0 saturated heterocycles. The second kappa shape index (κ2) is 9.83. The molecule has 0 spiro atoms. The minimum absolute atomic E-state index is 0.0842. The molecule has 6 aliphatic carbocycles. The van der Waals surface area contributed by atoms with Crippen molar-refractivity contribution in [2.45, 2.75) is 123 Å². The molecule has 0 radical (unpaired) electrons. The molecule has 3 saturated carbocycles. The summed E-state index contributed by atoms with van der Waals surface area (Å²) in [6, 6.07) is 0. The fraction of sp³-hybridized carbons (Fsp3) is 0.818. The van der Waals surface area contributed by atoms with Crippen LogP contribution in [0.1, 0.15) is 111 Å². The summed E-state index contributed by atoms with van der Waals surface area (Å²) in [5, 5.41) is 10.8. The summed E-state index contributed by atoms with van der Waals surface area (Å²) in [6.45, 7) is 8.30. The molecule has 0 heterocycles. The lowest BCUT2D eigenvalue weighted by atomic mass is 9.43.